The molecule has 4 aromatic rings. The van der Waals surface area contributed by atoms with Crippen LogP contribution in [0.5, 0.6) is 0 Å². The minimum absolute atomic E-state index is 0.0328. The molecular weight excluding hydrogens is 604 g/mol. The molecule has 46 heavy (non-hydrogen) atoms. The third-order valence-corrected chi connectivity index (χ3v) is 9.60. The topological polar surface area (TPSA) is 130 Å². The van der Waals surface area contributed by atoms with Crippen molar-refractivity contribution in [2.24, 2.45) is 0 Å². The molecular formula is C35H38N4O6S. The van der Waals surface area contributed by atoms with E-state index in [9.17, 15) is 28.1 Å². The van der Waals surface area contributed by atoms with Gasteiger partial charge in [-0.25, -0.2) is 8.42 Å². The van der Waals surface area contributed by atoms with Crippen LogP contribution >= 0.6 is 0 Å². The Morgan fingerprint density at radius 2 is 1.52 bits per heavy atom. The number of rotatable bonds is 14. The zero-order valence-corrected chi connectivity index (χ0v) is 26.9. The molecule has 2 atom stereocenters. The lowest BCUT2D eigenvalue weighted by molar-refractivity contribution is -0.384. The lowest BCUT2D eigenvalue weighted by Crippen LogP contribution is -2.54. The van der Waals surface area contributed by atoms with Gasteiger partial charge in [-0.15, -0.1) is 0 Å². The van der Waals surface area contributed by atoms with Gasteiger partial charge in [0, 0.05) is 31.1 Å². The van der Waals surface area contributed by atoms with Crippen LogP contribution in [0, 0.1) is 17.0 Å². The molecule has 0 aliphatic carbocycles. The molecule has 0 aromatic heterocycles. The summed E-state index contributed by atoms with van der Waals surface area (Å²) in [6.45, 7) is 5.05. The Hall–Kier alpha value is -5.03. The van der Waals surface area contributed by atoms with Gasteiger partial charge in [-0.2, -0.15) is 0 Å². The second-order valence-electron chi connectivity index (χ2n) is 11.1. The summed E-state index contributed by atoms with van der Waals surface area (Å²) in [5, 5.41) is 14.6. The summed E-state index contributed by atoms with van der Waals surface area (Å²) in [6, 6.07) is 28.3. The summed E-state index contributed by atoms with van der Waals surface area (Å²) >= 11 is 0. The van der Waals surface area contributed by atoms with E-state index in [2.05, 4.69) is 5.32 Å². The monoisotopic (exact) mass is 642 g/mol. The van der Waals surface area contributed by atoms with Crippen molar-refractivity contribution >= 4 is 33.2 Å². The number of amides is 2. The zero-order chi connectivity index (χ0) is 33.3. The maximum absolute atomic E-state index is 14.5. The molecule has 0 aliphatic heterocycles. The Balaban J connectivity index is 1.84. The van der Waals surface area contributed by atoms with Gasteiger partial charge in [-0.3, -0.25) is 24.0 Å². The van der Waals surface area contributed by atoms with Crippen LogP contribution < -0.4 is 9.62 Å². The van der Waals surface area contributed by atoms with E-state index in [-0.39, 0.29) is 41.2 Å². The van der Waals surface area contributed by atoms with E-state index < -0.39 is 33.4 Å². The molecule has 0 radical (unpaired) electrons. The number of benzene rings is 4. The first kappa shape index (κ1) is 33.9. The van der Waals surface area contributed by atoms with Gasteiger partial charge in [0.1, 0.15) is 12.6 Å². The molecule has 2 unspecified atom stereocenters. The number of sulfonamides is 1. The van der Waals surface area contributed by atoms with E-state index >= 15 is 0 Å². The van der Waals surface area contributed by atoms with E-state index in [1.54, 1.807) is 18.2 Å². The molecule has 0 saturated carbocycles. The van der Waals surface area contributed by atoms with Gasteiger partial charge >= 0.3 is 0 Å². The predicted octanol–water partition coefficient (Wildman–Crippen LogP) is 5.65. The van der Waals surface area contributed by atoms with Crippen molar-refractivity contribution in [3.63, 3.8) is 0 Å². The molecule has 2 amide bonds. The number of carbonyl (C=O) groups is 2. The van der Waals surface area contributed by atoms with Crippen LogP contribution in [0.4, 0.5) is 11.4 Å². The number of non-ortho nitro benzene ring substituents is 1. The Bertz CT molecular complexity index is 1770. The first-order valence-corrected chi connectivity index (χ1v) is 16.5. The van der Waals surface area contributed by atoms with Crippen molar-refractivity contribution < 1.29 is 22.9 Å². The summed E-state index contributed by atoms with van der Waals surface area (Å²) in [6.07, 6.45) is 0.856. The van der Waals surface area contributed by atoms with Crippen molar-refractivity contribution in [1.29, 1.82) is 0 Å². The minimum Gasteiger partial charge on any atom is -0.352 e. The number of nitro groups is 1. The number of hydrogen-bond donors (Lipinski definition) is 1. The van der Waals surface area contributed by atoms with Crippen LogP contribution in [-0.4, -0.2) is 48.7 Å². The summed E-state index contributed by atoms with van der Waals surface area (Å²) in [5.74, 6) is -1.01. The highest BCUT2D eigenvalue weighted by molar-refractivity contribution is 7.92. The molecule has 0 bridgehead atoms. The van der Waals surface area contributed by atoms with Crippen molar-refractivity contribution in [1.82, 2.24) is 10.2 Å². The largest absolute Gasteiger partial charge is 0.352 e. The first-order chi connectivity index (χ1) is 22.0. The zero-order valence-electron chi connectivity index (χ0n) is 26.1. The molecule has 4 rings (SSSR count). The molecule has 10 nitrogen and oxygen atoms in total. The SMILES string of the molecule is CCC(C)NC(=O)C(Cc1ccccc1)N(Cc1ccccc1C)C(=O)CN(c1cccc([N+](=O)[O-])c1)S(=O)(=O)c1ccccc1. The second kappa shape index (κ2) is 15.3. The Labute approximate surface area is 269 Å². The fraction of sp³-hybridized carbons (Fsp3) is 0.257. The first-order valence-electron chi connectivity index (χ1n) is 15.0. The highest BCUT2D eigenvalue weighted by atomic mass is 32.2. The number of carbonyl (C=O) groups excluding carboxylic acids is 2. The molecule has 240 valence electrons. The van der Waals surface area contributed by atoms with E-state index in [4.69, 9.17) is 0 Å². The Kier molecular flexibility index (Phi) is 11.3. The third kappa shape index (κ3) is 8.36. The van der Waals surface area contributed by atoms with Gasteiger partial charge in [0.2, 0.25) is 11.8 Å². The Morgan fingerprint density at radius 1 is 0.891 bits per heavy atom. The lowest BCUT2D eigenvalue weighted by atomic mass is 10.0. The van der Waals surface area contributed by atoms with Crippen LogP contribution in [0.1, 0.15) is 37.0 Å². The summed E-state index contributed by atoms with van der Waals surface area (Å²) in [4.78, 5) is 40.8. The fourth-order valence-electron chi connectivity index (χ4n) is 4.98. The van der Waals surface area contributed by atoms with Gasteiger partial charge < -0.3 is 10.2 Å². The van der Waals surface area contributed by atoms with E-state index in [1.165, 1.54) is 35.2 Å². The smallest absolute Gasteiger partial charge is 0.271 e. The summed E-state index contributed by atoms with van der Waals surface area (Å²) < 4.78 is 29.0. The van der Waals surface area contributed by atoms with E-state index in [0.717, 1.165) is 27.1 Å². The highest BCUT2D eigenvalue weighted by Gasteiger charge is 2.35. The van der Waals surface area contributed by atoms with E-state index in [1.807, 2.05) is 75.4 Å². The summed E-state index contributed by atoms with van der Waals surface area (Å²) in [7, 11) is -4.37. The molecule has 0 heterocycles. The number of nitrogens with zero attached hydrogens (tertiary/aromatic N) is 3. The van der Waals surface area contributed by atoms with Gasteiger partial charge in [-0.1, -0.05) is 85.8 Å². The molecule has 0 spiro atoms. The standard InChI is InChI=1S/C35H38N4O6S/c1-4-27(3)36-35(41)33(22-28-15-7-5-8-16-28)37(24-29-17-12-11-14-26(29)2)34(40)25-38(30-18-13-19-31(23-30)39(42)43)46(44,45)32-20-9-6-10-21-32/h5-21,23,27,33H,4,22,24-25H2,1-3H3,(H,36,41). The second-order valence-corrected chi connectivity index (χ2v) is 12.9. The number of nitro benzene ring substituents is 1. The highest BCUT2D eigenvalue weighted by Crippen LogP contribution is 2.28. The van der Waals surface area contributed by atoms with Crippen LogP contribution in [-0.2, 0) is 32.6 Å². The van der Waals surface area contributed by atoms with Crippen molar-refractivity contribution in [3.8, 4) is 0 Å². The van der Waals surface area contributed by atoms with Crippen LogP contribution in [0.25, 0.3) is 0 Å². The molecule has 0 saturated heterocycles. The maximum Gasteiger partial charge on any atom is 0.271 e. The number of nitrogens with one attached hydrogen (secondary N) is 1. The van der Waals surface area contributed by atoms with Crippen LogP contribution in [0.15, 0.2) is 114 Å². The Morgan fingerprint density at radius 3 is 2.15 bits per heavy atom. The minimum atomic E-state index is -4.37. The maximum atomic E-state index is 14.5. The normalized spacial score (nSPS) is 12.5. The van der Waals surface area contributed by atoms with Gasteiger partial charge in [-0.05, 0) is 55.2 Å². The average molecular weight is 643 g/mol. The van der Waals surface area contributed by atoms with E-state index in [0.29, 0.717) is 6.42 Å². The van der Waals surface area contributed by atoms with Crippen molar-refractivity contribution in [3.05, 3.63) is 136 Å². The lowest BCUT2D eigenvalue weighted by Gasteiger charge is -2.34. The third-order valence-electron chi connectivity index (χ3n) is 7.81. The van der Waals surface area contributed by atoms with Crippen LogP contribution in [0.3, 0.4) is 0 Å². The average Bonchev–Trinajstić information content (AvgIpc) is 3.06. The van der Waals surface area contributed by atoms with Gasteiger partial charge in [0.25, 0.3) is 15.7 Å². The van der Waals surface area contributed by atoms with Crippen molar-refractivity contribution in [2.75, 3.05) is 10.8 Å². The molecule has 1 N–H and O–H groups in total. The van der Waals surface area contributed by atoms with Gasteiger partial charge in [0.05, 0.1) is 15.5 Å². The summed E-state index contributed by atoms with van der Waals surface area (Å²) in [5.41, 5.74) is 2.13. The number of anilines is 1. The number of aryl methyl sites for hydroxylation is 1. The quantitative estimate of drug-likeness (QED) is 0.140. The molecule has 0 fully saturated rings. The fourth-order valence-corrected chi connectivity index (χ4v) is 6.40. The number of hydrogen-bond acceptors (Lipinski definition) is 6. The van der Waals surface area contributed by atoms with Crippen molar-refractivity contribution in [2.45, 2.75) is 57.1 Å². The molecule has 0 aliphatic rings. The predicted molar refractivity (Wildman–Crippen MR) is 178 cm³/mol. The van der Waals surface area contributed by atoms with Gasteiger partial charge in [0.15, 0.2) is 0 Å². The molecule has 11 heteroatoms. The van der Waals surface area contributed by atoms with Crippen LogP contribution in [0.2, 0.25) is 0 Å². The molecule has 4 aromatic carbocycles.